The highest BCUT2D eigenvalue weighted by Crippen LogP contribution is 2.35. The van der Waals surface area contributed by atoms with E-state index in [-0.39, 0.29) is 35.5 Å². The molecular weight excluding hydrogens is 555 g/mol. The number of piperazine rings is 1. The average molecular weight is 586 g/mol. The van der Waals surface area contributed by atoms with Crippen LogP contribution in [0.5, 0.6) is 0 Å². The van der Waals surface area contributed by atoms with Crippen LogP contribution in [0.3, 0.4) is 0 Å². The summed E-state index contributed by atoms with van der Waals surface area (Å²) in [5.41, 5.74) is 0.581. The first-order valence-corrected chi connectivity index (χ1v) is 13.6. The maximum Gasteiger partial charge on any atom is 0.452 e. The van der Waals surface area contributed by atoms with Crippen molar-refractivity contribution in [1.82, 2.24) is 15.2 Å². The second kappa shape index (κ2) is 12.1. The molecule has 10 nitrogen and oxygen atoms in total. The van der Waals surface area contributed by atoms with Crippen molar-refractivity contribution in [2.45, 2.75) is 31.5 Å². The summed E-state index contributed by atoms with van der Waals surface area (Å²) in [5, 5.41) is 5.44. The molecule has 2 N–H and O–H groups in total. The van der Waals surface area contributed by atoms with E-state index >= 15 is 0 Å². The second-order valence-corrected chi connectivity index (χ2v) is 10.2. The Kier molecular flexibility index (Phi) is 8.36. The summed E-state index contributed by atoms with van der Waals surface area (Å²) >= 11 is 0. The minimum absolute atomic E-state index is 0.213. The highest BCUT2D eigenvalue weighted by molar-refractivity contribution is 6.04. The number of carbonyl (C=O) groups excluding carboxylic acids is 3. The second-order valence-electron chi connectivity index (χ2n) is 10.2. The summed E-state index contributed by atoms with van der Waals surface area (Å²) in [6.45, 7) is 2.05. The van der Waals surface area contributed by atoms with E-state index in [4.69, 9.17) is 9.15 Å². The summed E-state index contributed by atoms with van der Waals surface area (Å²) in [7, 11) is 1.35. The van der Waals surface area contributed by atoms with Crippen molar-refractivity contribution in [1.29, 1.82) is 0 Å². The van der Waals surface area contributed by atoms with Crippen molar-refractivity contribution in [3.63, 3.8) is 0 Å². The highest BCUT2D eigenvalue weighted by Gasteiger charge is 2.42. The van der Waals surface area contributed by atoms with Gasteiger partial charge in [0.15, 0.2) is 5.69 Å². The van der Waals surface area contributed by atoms with Gasteiger partial charge in [0, 0.05) is 49.2 Å². The fourth-order valence-electron chi connectivity index (χ4n) is 5.30. The van der Waals surface area contributed by atoms with Crippen LogP contribution in [0.4, 0.5) is 29.3 Å². The number of benzene rings is 2. The quantitative estimate of drug-likeness (QED) is 0.400. The van der Waals surface area contributed by atoms with E-state index < -0.39 is 23.5 Å². The Hall–Kier alpha value is -4.55. The normalized spacial score (nSPS) is 19.0. The number of aromatic nitrogens is 1. The Morgan fingerprint density at radius 1 is 0.976 bits per heavy atom. The molecule has 222 valence electrons. The van der Waals surface area contributed by atoms with Crippen molar-refractivity contribution in [2.24, 2.45) is 5.92 Å². The molecule has 13 heteroatoms. The smallest absolute Gasteiger partial charge is 0.452 e. The maximum absolute atomic E-state index is 13.6. The zero-order valence-electron chi connectivity index (χ0n) is 22.8. The molecule has 3 aromatic rings. The van der Waals surface area contributed by atoms with E-state index in [0.717, 1.165) is 18.5 Å². The number of ether oxygens (including phenoxy) is 1. The zero-order valence-corrected chi connectivity index (χ0v) is 22.8. The van der Waals surface area contributed by atoms with Crippen LogP contribution in [0.15, 0.2) is 59.0 Å². The first kappa shape index (κ1) is 29.0. The maximum atomic E-state index is 13.6. The number of anilines is 2. The lowest BCUT2D eigenvalue weighted by Gasteiger charge is -2.37. The van der Waals surface area contributed by atoms with Crippen LogP contribution in [0.1, 0.15) is 35.5 Å². The number of nitrogens with zero attached hydrogens (tertiary/aromatic N) is 3. The van der Waals surface area contributed by atoms with Crippen LogP contribution in [-0.2, 0) is 15.7 Å². The Bertz CT molecular complexity index is 1420. The predicted molar refractivity (Wildman–Crippen MR) is 147 cm³/mol. The first-order valence-electron chi connectivity index (χ1n) is 13.6. The number of urea groups is 1. The summed E-state index contributed by atoms with van der Waals surface area (Å²) in [6.07, 6.45) is -2.63. The SMILES string of the molecule is COC(=O)[C@H]1CCC[C@H]1NC(=O)N1CCN(c2ccc(NC(=O)c3nc(-c4ccccc4)oc3C(F)(F)F)cc2)CC1. The lowest BCUT2D eigenvalue weighted by molar-refractivity contribution is -0.153. The van der Waals surface area contributed by atoms with Gasteiger partial charge in [-0.1, -0.05) is 24.6 Å². The molecule has 2 atom stereocenters. The average Bonchev–Trinajstić information content (AvgIpc) is 3.66. The van der Waals surface area contributed by atoms with Gasteiger partial charge in [-0.05, 0) is 49.2 Å². The van der Waals surface area contributed by atoms with Gasteiger partial charge in [-0.3, -0.25) is 9.59 Å². The molecule has 5 rings (SSSR count). The molecule has 1 saturated carbocycles. The van der Waals surface area contributed by atoms with Gasteiger partial charge in [0.2, 0.25) is 11.7 Å². The molecule has 2 heterocycles. The molecule has 1 saturated heterocycles. The van der Waals surface area contributed by atoms with Crippen LogP contribution >= 0.6 is 0 Å². The van der Waals surface area contributed by atoms with Crippen LogP contribution in [0.25, 0.3) is 11.5 Å². The van der Waals surface area contributed by atoms with E-state index in [2.05, 4.69) is 20.5 Å². The van der Waals surface area contributed by atoms with Gasteiger partial charge in [-0.2, -0.15) is 13.2 Å². The van der Waals surface area contributed by atoms with Gasteiger partial charge < -0.3 is 29.6 Å². The van der Waals surface area contributed by atoms with Gasteiger partial charge in [0.05, 0.1) is 13.0 Å². The van der Waals surface area contributed by atoms with E-state index in [1.165, 1.54) is 19.2 Å². The van der Waals surface area contributed by atoms with Gasteiger partial charge in [0.1, 0.15) is 0 Å². The van der Waals surface area contributed by atoms with E-state index in [0.29, 0.717) is 38.2 Å². The van der Waals surface area contributed by atoms with Crippen molar-refractivity contribution in [2.75, 3.05) is 43.5 Å². The van der Waals surface area contributed by atoms with Crippen molar-refractivity contribution in [3.05, 3.63) is 66.1 Å². The largest absolute Gasteiger partial charge is 0.469 e. The van der Waals surface area contributed by atoms with Gasteiger partial charge in [-0.25, -0.2) is 9.78 Å². The number of hydrogen-bond donors (Lipinski definition) is 2. The summed E-state index contributed by atoms with van der Waals surface area (Å²) in [4.78, 5) is 45.2. The molecule has 0 radical (unpaired) electrons. The lowest BCUT2D eigenvalue weighted by Crippen LogP contribution is -2.54. The van der Waals surface area contributed by atoms with Gasteiger partial charge in [-0.15, -0.1) is 0 Å². The van der Waals surface area contributed by atoms with E-state index in [1.54, 1.807) is 47.4 Å². The number of nitrogens with one attached hydrogen (secondary N) is 2. The van der Waals surface area contributed by atoms with E-state index in [9.17, 15) is 27.6 Å². The Morgan fingerprint density at radius 3 is 2.31 bits per heavy atom. The first-order chi connectivity index (χ1) is 20.1. The lowest BCUT2D eigenvalue weighted by atomic mass is 10.0. The monoisotopic (exact) mass is 585 g/mol. The standard InChI is InChI=1S/C29H30F3N5O5/c1-41-27(39)21-8-5-9-22(21)34-28(40)37-16-14-36(15-17-37)20-12-10-19(11-13-20)33-25(38)23-24(29(30,31)32)42-26(35-23)18-6-3-2-4-7-18/h2-4,6-7,10-13,21-22H,5,8-9,14-17H2,1H3,(H,33,38)(H,34,40)/t21-,22+/m0/s1. The molecule has 2 aliphatic rings. The minimum Gasteiger partial charge on any atom is -0.469 e. The van der Waals surface area contributed by atoms with Gasteiger partial charge in [0.25, 0.3) is 5.91 Å². The van der Waals surface area contributed by atoms with Crippen LogP contribution < -0.4 is 15.5 Å². The zero-order chi connectivity index (χ0) is 29.9. The molecule has 2 aromatic carbocycles. The van der Waals surface area contributed by atoms with Gasteiger partial charge >= 0.3 is 18.2 Å². The van der Waals surface area contributed by atoms with Crippen molar-refractivity contribution < 1.29 is 36.7 Å². The van der Waals surface area contributed by atoms with Crippen LogP contribution in [-0.4, -0.2) is 67.1 Å². The number of oxazole rings is 1. The summed E-state index contributed by atoms with van der Waals surface area (Å²) < 4.78 is 50.6. The molecule has 1 aliphatic heterocycles. The fourth-order valence-corrected chi connectivity index (χ4v) is 5.30. The fraction of sp³-hybridized carbons (Fsp3) is 0.379. The third kappa shape index (κ3) is 6.34. The Labute approximate surface area is 239 Å². The summed E-state index contributed by atoms with van der Waals surface area (Å²) in [5.74, 6) is -3.44. The molecule has 0 spiro atoms. The molecular formula is C29H30F3N5O5. The Balaban J connectivity index is 1.18. The number of alkyl halides is 3. The number of amides is 3. The summed E-state index contributed by atoms with van der Waals surface area (Å²) in [6, 6.07) is 14.2. The number of carbonyl (C=O) groups is 3. The molecule has 1 aliphatic carbocycles. The van der Waals surface area contributed by atoms with Crippen LogP contribution in [0.2, 0.25) is 0 Å². The minimum atomic E-state index is -4.91. The number of hydrogen-bond acceptors (Lipinski definition) is 7. The molecule has 42 heavy (non-hydrogen) atoms. The molecule has 3 amide bonds. The molecule has 0 unspecified atom stereocenters. The highest BCUT2D eigenvalue weighted by atomic mass is 19.4. The number of esters is 1. The van der Waals surface area contributed by atoms with E-state index in [1.807, 2.05) is 0 Å². The third-order valence-corrected chi connectivity index (χ3v) is 7.51. The predicted octanol–water partition coefficient (Wildman–Crippen LogP) is 4.79. The Morgan fingerprint density at radius 2 is 1.67 bits per heavy atom. The number of methoxy groups -OCH3 is 1. The molecule has 1 aromatic heterocycles. The number of halogens is 3. The third-order valence-electron chi connectivity index (χ3n) is 7.51. The molecule has 0 bridgehead atoms. The topological polar surface area (TPSA) is 117 Å². The van der Waals surface area contributed by atoms with Crippen molar-refractivity contribution >= 4 is 29.3 Å². The number of rotatable bonds is 6. The molecule has 2 fully saturated rings. The van der Waals surface area contributed by atoms with Crippen LogP contribution in [0, 0.1) is 5.92 Å². The van der Waals surface area contributed by atoms with Crippen molar-refractivity contribution in [3.8, 4) is 11.5 Å².